The van der Waals surface area contributed by atoms with E-state index in [1.165, 1.54) is 16.6 Å². The van der Waals surface area contributed by atoms with Gasteiger partial charge in [0.05, 0.1) is 22.6 Å². The number of rotatable bonds is 3. The van der Waals surface area contributed by atoms with Gasteiger partial charge in [-0.2, -0.15) is 17.7 Å². The van der Waals surface area contributed by atoms with Crippen molar-refractivity contribution in [3.63, 3.8) is 0 Å². The van der Waals surface area contributed by atoms with Crippen LogP contribution in [-0.2, 0) is 12.6 Å². The first-order valence-corrected chi connectivity index (χ1v) is 11.1. The number of aryl methyl sites for hydroxylation is 1. The maximum Gasteiger partial charge on any atom is 0.416 e. The van der Waals surface area contributed by atoms with Crippen LogP contribution in [0, 0.1) is 0 Å². The van der Waals surface area contributed by atoms with Gasteiger partial charge >= 0.3 is 6.18 Å². The molecule has 0 radical (unpaired) electrons. The highest BCUT2D eigenvalue weighted by molar-refractivity contribution is 5.98. The molecule has 1 amide bonds. The van der Waals surface area contributed by atoms with E-state index in [1.807, 2.05) is 4.90 Å². The maximum atomic E-state index is 13.8. The number of amides is 1. The van der Waals surface area contributed by atoms with Gasteiger partial charge < -0.3 is 10.6 Å². The number of hydrogen-bond donors (Lipinski definition) is 1. The molecule has 0 aliphatic heterocycles. The lowest BCUT2D eigenvalue weighted by molar-refractivity contribution is -0.137. The van der Waals surface area contributed by atoms with Crippen molar-refractivity contribution >= 4 is 28.4 Å². The molecule has 34 heavy (non-hydrogen) atoms. The van der Waals surface area contributed by atoms with Crippen LogP contribution in [0.4, 0.5) is 19.0 Å². The molecule has 1 atom stereocenters. The topological polar surface area (TPSA) is 102 Å². The molecule has 11 heteroatoms. The summed E-state index contributed by atoms with van der Waals surface area (Å²) >= 11 is 0. The Morgan fingerprint density at radius 2 is 1.94 bits per heavy atom. The van der Waals surface area contributed by atoms with Crippen molar-refractivity contribution in [3.8, 4) is 0 Å². The molecule has 6 rings (SSSR count). The van der Waals surface area contributed by atoms with E-state index in [0.717, 1.165) is 30.9 Å². The first-order chi connectivity index (χ1) is 16.3. The predicted octanol–water partition coefficient (Wildman–Crippen LogP) is 3.96. The molecule has 0 bridgehead atoms. The van der Waals surface area contributed by atoms with Crippen molar-refractivity contribution in [2.45, 2.75) is 50.4 Å². The third kappa shape index (κ3) is 3.17. The van der Waals surface area contributed by atoms with E-state index in [9.17, 15) is 18.0 Å². The lowest BCUT2D eigenvalue weighted by Gasteiger charge is -2.42. The van der Waals surface area contributed by atoms with E-state index in [-0.39, 0.29) is 23.8 Å². The third-order valence-corrected chi connectivity index (χ3v) is 6.94. The molecular formula is C23H20F3N7O. The summed E-state index contributed by atoms with van der Waals surface area (Å²) in [5.74, 6) is 0.0239. The molecule has 2 aromatic heterocycles. The Morgan fingerprint density at radius 1 is 1.12 bits per heavy atom. The molecule has 4 aromatic rings. The zero-order valence-corrected chi connectivity index (χ0v) is 18.0. The summed E-state index contributed by atoms with van der Waals surface area (Å²) in [5, 5.41) is 11.5. The zero-order chi connectivity index (χ0) is 23.6. The molecule has 0 saturated heterocycles. The summed E-state index contributed by atoms with van der Waals surface area (Å²) in [6.07, 6.45) is -0.509. The van der Waals surface area contributed by atoms with Crippen molar-refractivity contribution < 1.29 is 18.0 Å². The monoisotopic (exact) mass is 467 g/mol. The van der Waals surface area contributed by atoms with Crippen LogP contribution in [0.2, 0.25) is 0 Å². The average molecular weight is 467 g/mol. The second kappa shape index (κ2) is 7.37. The van der Waals surface area contributed by atoms with Gasteiger partial charge in [0.15, 0.2) is 5.82 Å². The Balaban J connectivity index is 1.40. The molecule has 1 unspecified atom stereocenters. The van der Waals surface area contributed by atoms with E-state index in [2.05, 4.69) is 20.5 Å². The van der Waals surface area contributed by atoms with Gasteiger partial charge in [-0.25, -0.2) is 4.98 Å². The number of anilines is 1. The maximum absolute atomic E-state index is 13.8. The van der Waals surface area contributed by atoms with Crippen molar-refractivity contribution in [3.05, 3.63) is 58.7 Å². The number of carbonyl (C=O) groups is 1. The van der Waals surface area contributed by atoms with Crippen LogP contribution in [0.25, 0.3) is 16.7 Å². The van der Waals surface area contributed by atoms with E-state index in [4.69, 9.17) is 5.73 Å². The largest absolute Gasteiger partial charge is 0.416 e. The van der Waals surface area contributed by atoms with Gasteiger partial charge in [0.1, 0.15) is 0 Å². The SMILES string of the molecule is Nc1nc2ccc(C(=O)N(C3CCC3)C3CCc4cc(C(F)(F)F)ccc43)cc2n2nnnc12. The number of tetrazole rings is 1. The van der Waals surface area contributed by atoms with E-state index >= 15 is 0 Å². The number of aromatic nitrogens is 5. The Labute approximate surface area is 191 Å². The van der Waals surface area contributed by atoms with Crippen LogP contribution in [0.15, 0.2) is 36.4 Å². The normalized spacial score (nSPS) is 18.3. The number of nitrogens with zero attached hydrogens (tertiary/aromatic N) is 6. The van der Waals surface area contributed by atoms with Crippen LogP contribution in [0.1, 0.15) is 58.8 Å². The second-order valence-corrected chi connectivity index (χ2v) is 8.88. The van der Waals surface area contributed by atoms with Crippen LogP contribution in [-0.4, -0.2) is 41.9 Å². The van der Waals surface area contributed by atoms with Crippen LogP contribution < -0.4 is 5.73 Å². The van der Waals surface area contributed by atoms with Crippen LogP contribution >= 0.6 is 0 Å². The minimum Gasteiger partial charge on any atom is -0.380 e. The van der Waals surface area contributed by atoms with Gasteiger partial charge in [0.25, 0.3) is 5.91 Å². The summed E-state index contributed by atoms with van der Waals surface area (Å²) < 4.78 is 41.1. The minimum absolute atomic E-state index is 0.0547. The van der Waals surface area contributed by atoms with E-state index in [1.54, 1.807) is 18.2 Å². The van der Waals surface area contributed by atoms with Gasteiger partial charge in [-0.15, -0.1) is 5.10 Å². The van der Waals surface area contributed by atoms with Crippen molar-refractivity contribution in [1.29, 1.82) is 0 Å². The summed E-state index contributed by atoms with van der Waals surface area (Å²) in [6.45, 7) is 0. The number of hydrogen-bond acceptors (Lipinski definition) is 6. The number of nitrogens with two attached hydrogens (primary N) is 1. The predicted molar refractivity (Wildman–Crippen MR) is 117 cm³/mol. The lowest BCUT2D eigenvalue weighted by Crippen LogP contribution is -2.45. The van der Waals surface area contributed by atoms with Crippen molar-refractivity contribution in [2.24, 2.45) is 0 Å². The van der Waals surface area contributed by atoms with Gasteiger partial charge in [-0.05, 0) is 84.0 Å². The first-order valence-electron chi connectivity index (χ1n) is 11.1. The van der Waals surface area contributed by atoms with Gasteiger partial charge in [0, 0.05) is 11.6 Å². The number of halogens is 3. The van der Waals surface area contributed by atoms with E-state index in [0.29, 0.717) is 40.6 Å². The molecule has 8 nitrogen and oxygen atoms in total. The third-order valence-electron chi connectivity index (χ3n) is 6.94. The first kappa shape index (κ1) is 20.8. The van der Waals surface area contributed by atoms with Crippen LogP contribution in [0.3, 0.4) is 0 Å². The fourth-order valence-electron chi connectivity index (χ4n) is 5.05. The minimum atomic E-state index is -4.39. The van der Waals surface area contributed by atoms with Gasteiger partial charge in [-0.1, -0.05) is 6.07 Å². The highest BCUT2D eigenvalue weighted by Gasteiger charge is 2.40. The molecule has 2 aliphatic rings. The molecule has 2 aliphatic carbocycles. The number of benzene rings is 2. The molecule has 2 N–H and O–H groups in total. The zero-order valence-electron chi connectivity index (χ0n) is 18.0. The standard InChI is InChI=1S/C23H20F3N7O/c24-23(25,26)14-6-7-16-12(10-14)5-9-18(16)32(15-2-1-3-15)22(34)13-4-8-17-19(11-13)33-21(20(27)28-17)29-30-31-33/h4,6-8,10-11,15,18H,1-3,5,9H2,(H2,27,28). The molecule has 1 fully saturated rings. The summed E-state index contributed by atoms with van der Waals surface area (Å²) in [7, 11) is 0. The smallest absolute Gasteiger partial charge is 0.380 e. The number of alkyl halides is 3. The number of carbonyl (C=O) groups excluding carboxylic acids is 1. The van der Waals surface area contributed by atoms with Crippen molar-refractivity contribution in [1.82, 2.24) is 29.9 Å². The van der Waals surface area contributed by atoms with E-state index < -0.39 is 11.7 Å². The Bertz CT molecular complexity index is 1440. The Hall–Kier alpha value is -3.76. The van der Waals surface area contributed by atoms with Gasteiger partial charge in [0.2, 0.25) is 5.65 Å². The lowest BCUT2D eigenvalue weighted by atomic mass is 9.88. The highest BCUT2D eigenvalue weighted by Crippen LogP contribution is 2.43. The molecule has 2 heterocycles. The van der Waals surface area contributed by atoms with Gasteiger partial charge in [-0.3, -0.25) is 4.79 Å². The summed E-state index contributed by atoms with van der Waals surface area (Å²) in [6, 6.07) is 8.76. The molecule has 2 aromatic carbocycles. The Kier molecular flexibility index (Phi) is 4.51. The fraction of sp³-hybridized carbons (Fsp3) is 0.348. The molecule has 0 spiro atoms. The quantitative estimate of drug-likeness (QED) is 0.489. The molecule has 174 valence electrons. The van der Waals surface area contributed by atoms with Crippen molar-refractivity contribution in [2.75, 3.05) is 5.73 Å². The van der Waals surface area contributed by atoms with Crippen LogP contribution in [0.5, 0.6) is 0 Å². The fourth-order valence-corrected chi connectivity index (χ4v) is 5.05. The second-order valence-electron chi connectivity index (χ2n) is 8.88. The number of nitrogen functional groups attached to an aromatic ring is 1. The molecule has 1 saturated carbocycles. The number of fused-ring (bicyclic) bond motifs is 4. The summed E-state index contributed by atoms with van der Waals surface area (Å²) in [4.78, 5) is 20.0. The molecular weight excluding hydrogens is 447 g/mol. The highest BCUT2D eigenvalue weighted by atomic mass is 19.4. The average Bonchev–Trinajstić information content (AvgIpc) is 3.42. The summed E-state index contributed by atoms with van der Waals surface area (Å²) in [5.41, 5.74) is 8.58. The Morgan fingerprint density at radius 3 is 2.68 bits per heavy atom.